The van der Waals surface area contributed by atoms with Gasteiger partial charge in [0.15, 0.2) is 0 Å². The smallest absolute Gasteiger partial charge is 0.219 e. The molecule has 0 saturated heterocycles. The lowest BCUT2D eigenvalue weighted by Crippen LogP contribution is -1.91. The number of benzene rings is 2. The van der Waals surface area contributed by atoms with Crippen molar-refractivity contribution in [2.75, 3.05) is 0 Å². The van der Waals surface area contributed by atoms with Gasteiger partial charge in [0, 0.05) is 23.7 Å². The highest BCUT2D eigenvalue weighted by atomic mass is 35.5. The van der Waals surface area contributed by atoms with E-state index in [1.54, 1.807) is 6.20 Å². The molecule has 0 aliphatic rings. The monoisotopic (exact) mass is 295 g/mol. The molecule has 104 valence electrons. The minimum atomic E-state index is 0.452. The van der Waals surface area contributed by atoms with E-state index >= 15 is 0 Å². The summed E-state index contributed by atoms with van der Waals surface area (Å²) in [5.41, 5.74) is 3.13. The Bertz CT molecular complexity index is 711. The zero-order valence-electron chi connectivity index (χ0n) is 11.4. The Balaban J connectivity index is 1.92. The Kier molecular flexibility index (Phi) is 4.17. The van der Waals surface area contributed by atoms with E-state index < -0.39 is 0 Å². The average molecular weight is 296 g/mol. The molecule has 0 spiro atoms. The Hall–Kier alpha value is -2.32. The number of hydrogen-bond acceptors (Lipinski definition) is 2. The van der Waals surface area contributed by atoms with Crippen LogP contribution in [0.5, 0.6) is 11.6 Å². The summed E-state index contributed by atoms with van der Waals surface area (Å²) in [6.45, 7) is 0. The molecule has 0 unspecified atom stereocenters. The van der Waals surface area contributed by atoms with Crippen LogP contribution in [0.15, 0.2) is 72.9 Å². The maximum absolute atomic E-state index is 5.91. The molecule has 0 amide bonds. The standard InChI is InChI=1S/C18H14ClNO/c19-12-14-10-11-18(20-13-14)21-17-9-5-4-8-16(17)15-6-2-1-3-7-15/h1-11,13H,12H2. The molecular formula is C18H14ClNO. The molecule has 3 rings (SSSR count). The molecule has 0 radical (unpaired) electrons. The van der Waals surface area contributed by atoms with Crippen LogP contribution in [0.25, 0.3) is 11.1 Å². The van der Waals surface area contributed by atoms with Gasteiger partial charge in [-0.15, -0.1) is 11.6 Å². The summed E-state index contributed by atoms with van der Waals surface area (Å²) in [6.07, 6.45) is 1.73. The second-order valence-electron chi connectivity index (χ2n) is 4.60. The number of pyridine rings is 1. The molecule has 2 nitrogen and oxygen atoms in total. The summed E-state index contributed by atoms with van der Waals surface area (Å²) >= 11 is 5.76. The summed E-state index contributed by atoms with van der Waals surface area (Å²) in [7, 11) is 0. The molecule has 21 heavy (non-hydrogen) atoms. The average Bonchev–Trinajstić information content (AvgIpc) is 2.57. The number of alkyl halides is 1. The third-order valence-corrected chi connectivity index (χ3v) is 3.45. The highest BCUT2D eigenvalue weighted by molar-refractivity contribution is 6.17. The van der Waals surface area contributed by atoms with Crippen LogP contribution in [0.4, 0.5) is 0 Å². The van der Waals surface area contributed by atoms with E-state index in [1.807, 2.05) is 54.6 Å². The van der Waals surface area contributed by atoms with Gasteiger partial charge in [-0.3, -0.25) is 0 Å². The lowest BCUT2D eigenvalue weighted by Gasteiger charge is -2.10. The largest absolute Gasteiger partial charge is 0.438 e. The van der Waals surface area contributed by atoms with Gasteiger partial charge in [0.05, 0.1) is 0 Å². The van der Waals surface area contributed by atoms with Gasteiger partial charge in [-0.2, -0.15) is 0 Å². The number of aromatic nitrogens is 1. The van der Waals surface area contributed by atoms with Gasteiger partial charge in [-0.25, -0.2) is 4.98 Å². The second-order valence-corrected chi connectivity index (χ2v) is 4.87. The van der Waals surface area contributed by atoms with Crippen molar-refractivity contribution in [2.24, 2.45) is 0 Å². The number of nitrogens with zero attached hydrogens (tertiary/aromatic N) is 1. The minimum absolute atomic E-state index is 0.452. The predicted molar refractivity (Wildman–Crippen MR) is 85.7 cm³/mol. The van der Waals surface area contributed by atoms with Gasteiger partial charge in [-0.1, -0.05) is 54.6 Å². The number of para-hydroxylation sites is 1. The topological polar surface area (TPSA) is 22.1 Å². The van der Waals surface area contributed by atoms with Crippen molar-refractivity contribution >= 4 is 11.6 Å². The normalized spacial score (nSPS) is 10.3. The molecule has 0 saturated carbocycles. The number of rotatable bonds is 4. The van der Waals surface area contributed by atoms with Crippen LogP contribution in [0.3, 0.4) is 0 Å². The molecule has 0 bridgehead atoms. The molecule has 0 N–H and O–H groups in total. The molecule has 0 fully saturated rings. The van der Waals surface area contributed by atoms with Crippen molar-refractivity contribution in [3.8, 4) is 22.8 Å². The van der Waals surface area contributed by atoms with Gasteiger partial charge in [0.2, 0.25) is 5.88 Å². The van der Waals surface area contributed by atoms with E-state index in [-0.39, 0.29) is 0 Å². The fraction of sp³-hybridized carbons (Fsp3) is 0.0556. The van der Waals surface area contributed by atoms with E-state index in [0.717, 1.165) is 22.4 Å². The fourth-order valence-corrected chi connectivity index (χ4v) is 2.23. The van der Waals surface area contributed by atoms with Gasteiger partial charge in [0.25, 0.3) is 0 Å². The molecule has 3 heteroatoms. The summed E-state index contributed by atoms with van der Waals surface area (Å²) in [4.78, 5) is 4.27. The quantitative estimate of drug-likeness (QED) is 0.611. The van der Waals surface area contributed by atoms with Crippen LogP contribution >= 0.6 is 11.6 Å². The highest BCUT2D eigenvalue weighted by Gasteiger charge is 2.07. The Morgan fingerprint density at radius 1 is 0.857 bits per heavy atom. The third-order valence-electron chi connectivity index (χ3n) is 3.14. The molecule has 0 aliphatic heterocycles. The van der Waals surface area contributed by atoms with Crippen LogP contribution in [-0.2, 0) is 5.88 Å². The van der Waals surface area contributed by atoms with Crippen molar-refractivity contribution < 1.29 is 4.74 Å². The van der Waals surface area contributed by atoms with Crippen LogP contribution in [0.2, 0.25) is 0 Å². The van der Waals surface area contributed by atoms with E-state index in [4.69, 9.17) is 16.3 Å². The summed E-state index contributed by atoms with van der Waals surface area (Å²) < 4.78 is 5.91. The first kappa shape index (κ1) is 13.7. The summed E-state index contributed by atoms with van der Waals surface area (Å²) in [5, 5.41) is 0. The van der Waals surface area contributed by atoms with Crippen molar-refractivity contribution in [1.82, 2.24) is 4.98 Å². The van der Waals surface area contributed by atoms with Gasteiger partial charge < -0.3 is 4.74 Å². The predicted octanol–water partition coefficient (Wildman–Crippen LogP) is 5.28. The van der Waals surface area contributed by atoms with Crippen LogP contribution in [-0.4, -0.2) is 4.98 Å². The van der Waals surface area contributed by atoms with Crippen molar-refractivity contribution in [3.05, 3.63) is 78.5 Å². The maximum atomic E-state index is 5.91. The molecule has 1 heterocycles. The molecule has 2 aromatic carbocycles. The fourth-order valence-electron chi connectivity index (χ4n) is 2.07. The molecule has 3 aromatic rings. The first-order chi connectivity index (χ1) is 10.4. The third kappa shape index (κ3) is 3.23. The molecule has 0 aliphatic carbocycles. The van der Waals surface area contributed by atoms with E-state index in [0.29, 0.717) is 11.8 Å². The SMILES string of the molecule is ClCc1ccc(Oc2ccccc2-c2ccccc2)nc1. The number of halogens is 1. The zero-order chi connectivity index (χ0) is 14.5. The van der Waals surface area contributed by atoms with E-state index in [2.05, 4.69) is 17.1 Å². The van der Waals surface area contributed by atoms with Gasteiger partial charge in [0.1, 0.15) is 5.75 Å². The van der Waals surface area contributed by atoms with E-state index in [9.17, 15) is 0 Å². The Morgan fingerprint density at radius 2 is 1.62 bits per heavy atom. The van der Waals surface area contributed by atoms with Crippen LogP contribution in [0.1, 0.15) is 5.56 Å². The van der Waals surface area contributed by atoms with Crippen molar-refractivity contribution in [2.45, 2.75) is 5.88 Å². The number of ether oxygens (including phenoxy) is 1. The minimum Gasteiger partial charge on any atom is -0.438 e. The van der Waals surface area contributed by atoms with Gasteiger partial charge >= 0.3 is 0 Å². The Labute approximate surface area is 129 Å². The Morgan fingerprint density at radius 3 is 2.33 bits per heavy atom. The lowest BCUT2D eigenvalue weighted by atomic mass is 10.1. The maximum Gasteiger partial charge on any atom is 0.219 e. The molecule has 1 aromatic heterocycles. The van der Waals surface area contributed by atoms with Crippen molar-refractivity contribution in [3.63, 3.8) is 0 Å². The molecule has 0 atom stereocenters. The van der Waals surface area contributed by atoms with Gasteiger partial charge in [-0.05, 0) is 17.2 Å². The zero-order valence-corrected chi connectivity index (χ0v) is 12.1. The number of hydrogen-bond donors (Lipinski definition) is 0. The van der Waals surface area contributed by atoms with Crippen molar-refractivity contribution in [1.29, 1.82) is 0 Å². The first-order valence-corrected chi connectivity index (χ1v) is 7.23. The lowest BCUT2D eigenvalue weighted by molar-refractivity contribution is 0.464. The van der Waals surface area contributed by atoms with Crippen LogP contribution in [0, 0.1) is 0 Å². The second kappa shape index (κ2) is 6.42. The van der Waals surface area contributed by atoms with E-state index in [1.165, 1.54) is 0 Å². The highest BCUT2D eigenvalue weighted by Crippen LogP contribution is 2.32. The van der Waals surface area contributed by atoms with Crippen LogP contribution < -0.4 is 4.74 Å². The first-order valence-electron chi connectivity index (χ1n) is 6.70. The summed E-state index contributed by atoms with van der Waals surface area (Å²) in [6, 6.07) is 21.8. The molecular weight excluding hydrogens is 282 g/mol. The summed E-state index contributed by atoms with van der Waals surface area (Å²) in [5.74, 6) is 1.80.